The molecule has 0 radical (unpaired) electrons. The summed E-state index contributed by atoms with van der Waals surface area (Å²) in [5, 5.41) is 3.57. The molecule has 0 aliphatic carbocycles. The Hall–Kier alpha value is -0.560. The standard InChI is InChI=1S/C16H26N2O2S2/c1-3-18(4-2)22(19,20)16-7-5-14(6-8-16)13-17-15-9-11-21-12-10-15/h5-8,15,17H,3-4,9-13H2,1-2H3. The molecule has 0 bridgehead atoms. The van der Waals surface area contributed by atoms with Crippen molar-refractivity contribution < 1.29 is 8.42 Å². The number of benzene rings is 1. The molecule has 124 valence electrons. The van der Waals surface area contributed by atoms with Crippen molar-refractivity contribution in [1.82, 2.24) is 9.62 Å². The highest BCUT2D eigenvalue weighted by atomic mass is 32.2. The van der Waals surface area contributed by atoms with Gasteiger partial charge in [0.1, 0.15) is 0 Å². The van der Waals surface area contributed by atoms with Crippen molar-refractivity contribution in [3.05, 3.63) is 29.8 Å². The lowest BCUT2D eigenvalue weighted by molar-refractivity contribution is 0.445. The first kappa shape index (κ1) is 17.8. The molecule has 1 saturated heterocycles. The van der Waals surface area contributed by atoms with Gasteiger partial charge < -0.3 is 5.32 Å². The number of rotatable bonds is 7. The van der Waals surface area contributed by atoms with E-state index in [9.17, 15) is 8.42 Å². The van der Waals surface area contributed by atoms with Crippen LogP contribution in [0.3, 0.4) is 0 Å². The molecular weight excluding hydrogens is 316 g/mol. The van der Waals surface area contributed by atoms with Crippen LogP contribution in [-0.4, -0.2) is 43.4 Å². The van der Waals surface area contributed by atoms with E-state index in [1.807, 2.05) is 37.7 Å². The third-order valence-corrected chi connectivity index (χ3v) is 7.20. The van der Waals surface area contributed by atoms with Gasteiger partial charge in [0, 0.05) is 25.7 Å². The van der Waals surface area contributed by atoms with Crippen LogP contribution in [-0.2, 0) is 16.6 Å². The Morgan fingerprint density at radius 2 is 1.73 bits per heavy atom. The van der Waals surface area contributed by atoms with Gasteiger partial charge in [-0.1, -0.05) is 26.0 Å². The molecule has 1 heterocycles. The van der Waals surface area contributed by atoms with Crippen molar-refractivity contribution in [3.8, 4) is 0 Å². The molecule has 4 nitrogen and oxygen atoms in total. The van der Waals surface area contributed by atoms with Crippen molar-refractivity contribution in [2.45, 2.75) is 44.2 Å². The SMILES string of the molecule is CCN(CC)S(=O)(=O)c1ccc(CNC2CCSCC2)cc1. The minimum absolute atomic E-state index is 0.383. The number of nitrogens with one attached hydrogen (secondary N) is 1. The van der Waals surface area contributed by atoms with Gasteiger partial charge in [-0.25, -0.2) is 8.42 Å². The van der Waals surface area contributed by atoms with E-state index in [0.29, 0.717) is 24.0 Å². The minimum atomic E-state index is -3.34. The van der Waals surface area contributed by atoms with E-state index in [1.165, 1.54) is 28.7 Å². The highest BCUT2D eigenvalue weighted by Crippen LogP contribution is 2.18. The fourth-order valence-corrected chi connectivity index (χ4v) is 5.22. The number of nitrogens with zero attached hydrogens (tertiary/aromatic N) is 1. The maximum absolute atomic E-state index is 12.4. The maximum atomic E-state index is 12.4. The molecule has 1 N–H and O–H groups in total. The Balaban J connectivity index is 1.97. The van der Waals surface area contributed by atoms with Crippen molar-refractivity contribution >= 4 is 21.8 Å². The van der Waals surface area contributed by atoms with Gasteiger partial charge in [-0.2, -0.15) is 16.1 Å². The molecule has 22 heavy (non-hydrogen) atoms. The Morgan fingerprint density at radius 1 is 1.14 bits per heavy atom. The minimum Gasteiger partial charge on any atom is -0.310 e. The van der Waals surface area contributed by atoms with Crippen LogP contribution in [0.25, 0.3) is 0 Å². The molecule has 1 aromatic rings. The van der Waals surface area contributed by atoms with Crippen LogP contribution in [0, 0.1) is 0 Å². The molecule has 0 spiro atoms. The van der Waals surface area contributed by atoms with Gasteiger partial charge in [-0.3, -0.25) is 0 Å². The second kappa shape index (κ2) is 8.34. The molecule has 1 aliphatic rings. The van der Waals surface area contributed by atoms with Gasteiger partial charge in [0.05, 0.1) is 4.90 Å². The van der Waals surface area contributed by atoms with Crippen LogP contribution in [0.1, 0.15) is 32.3 Å². The zero-order valence-corrected chi connectivity index (χ0v) is 15.0. The van der Waals surface area contributed by atoms with E-state index < -0.39 is 10.0 Å². The van der Waals surface area contributed by atoms with E-state index in [2.05, 4.69) is 5.32 Å². The molecule has 0 saturated carbocycles. The monoisotopic (exact) mass is 342 g/mol. The first-order valence-corrected chi connectivity index (χ1v) is 10.6. The number of thioether (sulfide) groups is 1. The third kappa shape index (κ3) is 4.47. The normalized spacial score (nSPS) is 17.0. The zero-order chi connectivity index (χ0) is 16.0. The second-order valence-corrected chi connectivity index (χ2v) is 8.66. The fraction of sp³-hybridized carbons (Fsp3) is 0.625. The van der Waals surface area contributed by atoms with Gasteiger partial charge in [0.25, 0.3) is 0 Å². The van der Waals surface area contributed by atoms with Crippen molar-refractivity contribution in [2.75, 3.05) is 24.6 Å². The summed E-state index contributed by atoms with van der Waals surface area (Å²) in [4.78, 5) is 0.383. The van der Waals surface area contributed by atoms with Gasteiger partial charge in [0.15, 0.2) is 0 Å². The lowest BCUT2D eigenvalue weighted by atomic mass is 10.1. The lowest BCUT2D eigenvalue weighted by Crippen LogP contribution is -2.32. The maximum Gasteiger partial charge on any atom is 0.243 e. The summed E-state index contributed by atoms with van der Waals surface area (Å²) in [5.74, 6) is 2.47. The van der Waals surface area contributed by atoms with Gasteiger partial charge in [-0.05, 0) is 42.0 Å². The lowest BCUT2D eigenvalue weighted by Gasteiger charge is -2.22. The molecule has 1 fully saturated rings. The molecule has 1 aliphatic heterocycles. The Kier molecular flexibility index (Phi) is 6.74. The summed E-state index contributed by atoms with van der Waals surface area (Å²) < 4.78 is 26.3. The molecule has 0 atom stereocenters. The van der Waals surface area contributed by atoms with E-state index in [-0.39, 0.29) is 0 Å². The largest absolute Gasteiger partial charge is 0.310 e. The van der Waals surface area contributed by atoms with Crippen LogP contribution in [0.4, 0.5) is 0 Å². The highest BCUT2D eigenvalue weighted by molar-refractivity contribution is 7.99. The van der Waals surface area contributed by atoms with Gasteiger partial charge in [0.2, 0.25) is 10.0 Å². The van der Waals surface area contributed by atoms with Crippen LogP contribution < -0.4 is 5.32 Å². The molecule has 0 amide bonds. The summed E-state index contributed by atoms with van der Waals surface area (Å²) in [7, 11) is -3.34. The Morgan fingerprint density at radius 3 is 2.27 bits per heavy atom. The first-order chi connectivity index (χ1) is 10.6. The van der Waals surface area contributed by atoms with Crippen molar-refractivity contribution in [3.63, 3.8) is 0 Å². The summed E-state index contributed by atoms with van der Waals surface area (Å²) in [6.45, 7) is 5.54. The Labute approximate surface area is 138 Å². The van der Waals surface area contributed by atoms with E-state index in [0.717, 1.165) is 12.1 Å². The predicted molar refractivity (Wildman–Crippen MR) is 93.7 cm³/mol. The molecular formula is C16H26N2O2S2. The van der Waals surface area contributed by atoms with Gasteiger partial charge >= 0.3 is 0 Å². The number of hydrogen-bond donors (Lipinski definition) is 1. The summed E-state index contributed by atoms with van der Waals surface area (Å²) >= 11 is 2.02. The molecule has 0 unspecified atom stereocenters. The first-order valence-electron chi connectivity index (χ1n) is 7.98. The van der Waals surface area contributed by atoms with Crippen LogP contribution in [0.2, 0.25) is 0 Å². The fourth-order valence-electron chi connectivity index (χ4n) is 2.66. The summed E-state index contributed by atoms with van der Waals surface area (Å²) in [6, 6.07) is 7.88. The van der Waals surface area contributed by atoms with Gasteiger partial charge in [-0.15, -0.1) is 0 Å². The quantitative estimate of drug-likeness (QED) is 0.828. The predicted octanol–water partition coefficient (Wildman–Crippen LogP) is 2.70. The molecule has 6 heteroatoms. The number of hydrogen-bond acceptors (Lipinski definition) is 4. The second-order valence-electron chi connectivity index (χ2n) is 5.50. The average molecular weight is 343 g/mol. The highest BCUT2D eigenvalue weighted by Gasteiger charge is 2.21. The molecule has 1 aromatic carbocycles. The molecule has 0 aromatic heterocycles. The zero-order valence-electron chi connectivity index (χ0n) is 13.4. The van der Waals surface area contributed by atoms with Crippen LogP contribution >= 0.6 is 11.8 Å². The topological polar surface area (TPSA) is 49.4 Å². The van der Waals surface area contributed by atoms with E-state index in [4.69, 9.17) is 0 Å². The van der Waals surface area contributed by atoms with Crippen LogP contribution in [0.15, 0.2) is 29.2 Å². The molecule has 2 rings (SSSR count). The van der Waals surface area contributed by atoms with Crippen molar-refractivity contribution in [1.29, 1.82) is 0 Å². The van der Waals surface area contributed by atoms with E-state index >= 15 is 0 Å². The van der Waals surface area contributed by atoms with E-state index in [1.54, 1.807) is 12.1 Å². The van der Waals surface area contributed by atoms with Crippen molar-refractivity contribution in [2.24, 2.45) is 0 Å². The number of sulfonamides is 1. The average Bonchev–Trinajstić information content (AvgIpc) is 2.55. The van der Waals surface area contributed by atoms with Crippen LogP contribution in [0.5, 0.6) is 0 Å². The summed E-state index contributed by atoms with van der Waals surface area (Å²) in [6.07, 6.45) is 2.44. The smallest absolute Gasteiger partial charge is 0.243 e. The Bertz CT molecular complexity index is 548. The third-order valence-electron chi connectivity index (χ3n) is 4.08. The summed E-state index contributed by atoms with van der Waals surface area (Å²) in [5.41, 5.74) is 1.14.